The summed E-state index contributed by atoms with van der Waals surface area (Å²) in [4.78, 5) is 20.6. The molecule has 1 aliphatic rings. The maximum atomic E-state index is 10.3. The van der Waals surface area contributed by atoms with E-state index in [4.69, 9.17) is 0 Å². The Kier molecular flexibility index (Phi) is 17.7. The third-order valence-electron chi connectivity index (χ3n) is 10.3. The Balaban J connectivity index is 0.000000134. The van der Waals surface area contributed by atoms with E-state index in [9.17, 15) is 9.59 Å². The van der Waals surface area contributed by atoms with Crippen LogP contribution in [0.2, 0.25) is 0 Å². The highest BCUT2D eigenvalue weighted by Gasteiger charge is 2.21. The molecule has 0 atom stereocenters. The number of carbonyl (C=O) groups is 2. The minimum absolute atomic E-state index is 0.121. The highest BCUT2D eigenvalue weighted by molar-refractivity contribution is 7.80. The predicted octanol–water partition coefficient (Wildman–Crippen LogP) is 9.34. The van der Waals surface area contributed by atoms with Gasteiger partial charge in [0.15, 0.2) is 11.6 Å². The van der Waals surface area contributed by atoms with E-state index < -0.39 is 15.8 Å². The van der Waals surface area contributed by atoms with Crippen molar-refractivity contribution < 1.29 is 9.59 Å². The minimum Gasteiger partial charge on any atom is -0.290 e. The number of ketones is 2. The molecule has 0 saturated carbocycles. The molecule has 0 spiro atoms. The lowest BCUT2D eigenvalue weighted by atomic mass is 9.37. The van der Waals surface area contributed by atoms with Crippen LogP contribution in [0.1, 0.15) is 0 Å². The Bertz CT molecular complexity index is 2210. The van der Waals surface area contributed by atoms with Crippen molar-refractivity contribution >= 4 is 82.3 Å². The van der Waals surface area contributed by atoms with Gasteiger partial charge in [0.2, 0.25) is 6.71 Å². The van der Waals surface area contributed by atoms with E-state index in [2.05, 4.69) is 273 Å². The van der Waals surface area contributed by atoms with Gasteiger partial charge in [-0.2, -0.15) is 0 Å². The van der Waals surface area contributed by atoms with Gasteiger partial charge in [-0.15, -0.1) is 0 Å². The van der Waals surface area contributed by atoms with E-state index in [0.717, 1.165) is 0 Å². The second-order valence-electron chi connectivity index (χ2n) is 14.8. The van der Waals surface area contributed by atoms with Crippen molar-refractivity contribution in [3.63, 3.8) is 0 Å². The third-order valence-corrected chi connectivity index (χ3v) is 15.2. The highest BCUT2D eigenvalue weighted by Crippen LogP contribution is 2.33. The molecule has 1 aliphatic carbocycles. The summed E-state index contributed by atoms with van der Waals surface area (Å²) in [5.74, 6) is -0.241. The zero-order chi connectivity index (χ0) is 44.7. The lowest BCUT2D eigenvalue weighted by Crippen LogP contribution is -2.51. The number of allylic oxidation sites excluding steroid dienone is 4. The van der Waals surface area contributed by atoms with Gasteiger partial charge in [-0.1, -0.05) is 289 Å². The number of carbonyl (C=O) groups excluding carboxylic acids is 2. The summed E-state index contributed by atoms with van der Waals surface area (Å²) in [6.07, 6.45) is 5.01. The van der Waals surface area contributed by atoms with Gasteiger partial charge in [0, 0.05) is 0 Å². The van der Waals surface area contributed by atoms with Gasteiger partial charge in [-0.05, 0) is 72.0 Å². The van der Waals surface area contributed by atoms with Crippen molar-refractivity contribution in [1.82, 2.24) is 0 Å². The quantitative estimate of drug-likeness (QED) is 0.0824. The number of hydrogen-bond acceptors (Lipinski definition) is 2. The van der Waals surface area contributed by atoms with Crippen molar-refractivity contribution in [2.75, 3.05) is 0 Å². The molecule has 5 heteroatoms. The average Bonchev–Trinajstić information content (AvgIpc) is 3.39. The Hall–Kier alpha value is -7.28. The number of hydrogen-bond donors (Lipinski definition) is 0. The summed E-state index contributed by atoms with van der Waals surface area (Å²) in [6, 6.07) is 96.7. The van der Waals surface area contributed by atoms with Gasteiger partial charge < -0.3 is 0 Å². The molecule has 0 aromatic heterocycles. The van der Waals surface area contributed by atoms with Crippen LogP contribution >= 0.6 is 15.8 Å². The Morgan fingerprint density at radius 1 is 0.215 bits per heavy atom. The molecule has 0 unspecified atom stereocenters. The van der Waals surface area contributed by atoms with E-state index >= 15 is 0 Å². The lowest BCUT2D eigenvalue weighted by molar-refractivity contribution is -0.113. The number of benzene rings is 9. The monoisotopic (exact) mass is 874 g/mol. The van der Waals surface area contributed by atoms with Gasteiger partial charge in [0.25, 0.3) is 0 Å². The standard InChI is InChI=1S/C18H15B.2C18H15P.C6H4O2/c3*1-4-10-16(11-5-1)19(17-12-6-2-7-13-17)18-14-8-3-9-15-18;7-5-1-2-6(8)4-3-5/h3*1-15H;1-4H. The summed E-state index contributed by atoms with van der Waals surface area (Å²) in [5, 5.41) is 8.39. The molecule has 0 radical (unpaired) electrons. The second kappa shape index (κ2) is 25.1. The summed E-state index contributed by atoms with van der Waals surface area (Å²) >= 11 is 0. The third kappa shape index (κ3) is 13.9. The summed E-state index contributed by atoms with van der Waals surface area (Å²) in [6.45, 7) is 0.309. The molecule has 0 fully saturated rings. The molecule has 9 aromatic rings. The molecule has 0 amide bonds. The molecule has 0 bridgehead atoms. The van der Waals surface area contributed by atoms with Gasteiger partial charge in [0.05, 0.1) is 0 Å². The van der Waals surface area contributed by atoms with E-state index in [-0.39, 0.29) is 11.6 Å². The maximum Gasteiger partial charge on any atom is 0.241 e. The normalized spacial score (nSPS) is 11.3. The first kappa shape index (κ1) is 45.7. The molecule has 10 rings (SSSR count). The van der Waals surface area contributed by atoms with Crippen molar-refractivity contribution in [3.05, 3.63) is 297 Å². The topological polar surface area (TPSA) is 34.1 Å². The van der Waals surface area contributed by atoms with Crippen LogP contribution in [0.15, 0.2) is 297 Å². The maximum absolute atomic E-state index is 10.3. The summed E-state index contributed by atoms with van der Waals surface area (Å²) < 4.78 is 0. The van der Waals surface area contributed by atoms with Gasteiger partial charge in [-0.25, -0.2) is 0 Å². The van der Waals surface area contributed by atoms with Gasteiger partial charge in [-0.3, -0.25) is 9.59 Å². The molecule has 0 heterocycles. The van der Waals surface area contributed by atoms with Crippen molar-refractivity contribution in [1.29, 1.82) is 0 Å². The molecule has 0 saturated heterocycles. The van der Waals surface area contributed by atoms with Crippen LogP contribution in [0, 0.1) is 0 Å². The van der Waals surface area contributed by atoms with Gasteiger partial charge >= 0.3 is 0 Å². The fourth-order valence-corrected chi connectivity index (χ4v) is 11.9. The molecule has 65 heavy (non-hydrogen) atoms. The van der Waals surface area contributed by atoms with Crippen LogP contribution in [0.5, 0.6) is 0 Å². The molecule has 2 nitrogen and oxygen atoms in total. The van der Waals surface area contributed by atoms with Crippen molar-refractivity contribution in [2.45, 2.75) is 0 Å². The smallest absolute Gasteiger partial charge is 0.241 e. The number of rotatable bonds is 9. The zero-order valence-electron chi connectivity index (χ0n) is 36.1. The minimum atomic E-state index is -0.446. The zero-order valence-corrected chi connectivity index (χ0v) is 37.9. The summed E-state index contributed by atoms with van der Waals surface area (Å²) in [5.41, 5.74) is 4.00. The first-order chi connectivity index (χ1) is 32.1. The van der Waals surface area contributed by atoms with Crippen LogP contribution in [-0.4, -0.2) is 18.3 Å². The van der Waals surface area contributed by atoms with E-state index in [1.807, 2.05) is 0 Å². The van der Waals surface area contributed by atoms with E-state index in [1.165, 1.54) is 72.5 Å². The first-order valence-corrected chi connectivity index (χ1v) is 24.3. The Morgan fingerprint density at radius 2 is 0.369 bits per heavy atom. The van der Waals surface area contributed by atoms with Crippen molar-refractivity contribution in [3.8, 4) is 0 Å². The SMILES string of the molecule is O=C1C=CC(=O)C=C1.c1ccc(B(c2ccccc2)c2ccccc2)cc1.c1ccc(P(c2ccccc2)c2ccccc2)cc1.c1ccc(P(c2ccccc2)c2ccccc2)cc1. The van der Waals surface area contributed by atoms with Crippen molar-refractivity contribution in [2.24, 2.45) is 0 Å². The predicted molar refractivity (Wildman–Crippen MR) is 283 cm³/mol. The van der Waals surface area contributed by atoms with Crippen LogP contribution in [0.3, 0.4) is 0 Å². The Morgan fingerprint density at radius 3 is 0.538 bits per heavy atom. The molecular formula is C60H49BO2P2. The van der Waals surface area contributed by atoms with Crippen LogP contribution in [-0.2, 0) is 9.59 Å². The largest absolute Gasteiger partial charge is 0.290 e. The summed E-state index contributed by atoms with van der Waals surface area (Å²) in [7, 11) is -0.892. The fraction of sp³-hybridized carbons (Fsp3) is 0. The first-order valence-electron chi connectivity index (χ1n) is 21.6. The van der Waals surface area contributed by atoms with Crippen LogP contribution < -0.4 is 48.2 Å². The molecule has 0 aliphatic heterocycles. The van der Waals surface area contributed by atoms with E-state index in [0.29, 0.717) is 6.71 Å². The van der Waals surface area contributed by atoms with Crippen LogP contribution in [0.25, 0.3) is 0 Å². The van der Waals surface area contributed by atoms with Gasteiger partial charge in [0.1, 0.15) is 0 Å². The lowest BCUT2D eigenvalue weighted by Gasteiger charge is -2.18. The Labute approximate surface area is 387 Å². The molecular weight excluding hydrogens is 825 g/mol. The average molecular weight is 875 g/mol. The molecule has 9 aromatic carbocycles. The van der Waals surface area contributed by atoms with E-state index in [1.54, 1.807) is 0 Å². The fourth-order valence-electron chi connectivity index (χ4n) is 7.31. The van der Waals surface area contributed by atoms with Crippen LogP contribution in [0.4, 0.5) is 0 Å². The molecule has 0 N–H and O–H groups in total. The second-order valence-corrected chi connectivity index (χ2v) is 19.3. The highest BCUT2D eigenvalue weighted by atomic mass is 31.1. The molecule has 314 valence electrons.